The Labute approximate surface area is 455 Å². The molecule has 11 N–H and O–H groups in total. The maximum Gasteiger partial charge on any atom is 0.407 e. The van der Waals surface area contributed by atoms with Crippen molar-refractivity contribution in [1.29, 1.82) is 0 Å². The molecule has 5 aromatic carbocycles. The molecule has 2 aliphatic heterocycles. The number of aryl methyl sites for hydroxylation is 1. The van der Waals surface area contributed by atoms with Gasteiger partial charge in [0.05, 0.1) is 12.6 Å². The highest BCUT2D eigenvalue weighted by atomic mass is 16.6. The normalized spacial score (nSPS) is 21.2. The van der Waals surface area contributed by atoms with E-state index in [4.69, 9.17) is 20.9 Å². The smallest absolute Gasteiger partial charge is 0.407 e. The van der Waals surface area contributed by atoms with Gasteiger partial charge in [-0.25, -0.2) is 4.79 Å². The summed E-state index contributed by atoms with van der Waals surface area (Å²) in [5, 5.41) is 18.8. The van der Waals surface area contributed by atoms with Gasteiger partial charge in [0, 0.05) is 55.1 Å². The van der Waals surface area contributed by atoms with Gasteiger partial charge in [0.25, 0.3) is 0 Å². The van der Waals surface area contributed by atoms with Crippen LogP contribution in [-0.2, 0) is 48.2 Å². The predicted octanol–water partition coefficient (Wildman–Crippen LogP) is 5.13. The SMILES string of the molecule is C=C1NC(Cc2ccc(OCc3ccccc3)cc2)C(=O)NC(Cc2ccccc2)C(=O)N2C[C@H](OC(=O)NCCN)CC2C(=O)NC(c2ccccc2)C(=O)NC(C)C(=O)NC1CCCCN.Cc1c[nH]c2ccccc12. The Morgan fingerprint density at radius 3 is 1.97 bits per heavy atom. The minimum atomic E-state index is -1.30. The van der Waals surface area contributed by atoms with E-state index in [0.29, 0.717) is 49.4 Å². The van der Waals surface area contributed by atoms with Crippen LogP contribution in [0.1, 0.15) is 66.5 Å². The molecule has 6 aromatic rings. The number of aromatic nitrogens is 1. The summed E-state index contributed by atoms with van der Waals surface area (Å²) in [6.07, 6.45) is 1.99. The second-order valence-electron chi connectivity index (χ2n) is 19.5. The number of aromatic amines is 1. The third-order valence-electron chi connectivity index (χ3n) is 13.6. The molecule has 8 rings (SSSR count). The number of amides is 6. The fourth-order valence-corrected chi connectivity index (χ4v) is 9.38. The van der Waals surface area contributed by atoms with Crippen molar-refractivity contribution in [2.24, 2.45) is 11.5 Å². The Bertz CT molecular complexity index is 2940. The van der Waals surface area contributed by atoms with Gasteiger partial charge < -0.3 is 62.7 Å². The van der Waals surface area contributed by atoms with Gasteiger partial charge in [0.1, 0.15) is 48.7 Å². The molecule has 6 unspecified atom stereocenters. The van der Waals surface area contributed by atoms with Crippen LogP contribution in [0.5, 0.6) is 5.75 Å². The summed E-state index contributed by atoms with van der Waals surface area (Å²) in [7, 11) is 0. The topological polar surface area (TPSA) is 264 Å². The van der Waals surface area contributed by atoms with Crippen molar-refractivity contribution < 1.29 is 38.2 Å². The van der Waals surface area contributed by atoms with Crippen LogP contribution in [0.15, 0.2) is 158 Å². The number of hydrogen-bond donors (Lipinski definition) is 9. The van der Waals surface area contributed by atoms with Crippen molar-refractivity contribution in [3.8, 4) is 5.75 Å². The van der Waals surface area contributed by atoms with Gasteiger partial charge in [-0.1, -0.05) is 128 Å². The maximum atomic E-state index is 15.1. The van der Waals surface area contributed by atoms with Crippen LogP contribution >= 0.6 is 0 Å². The number of nitrogens with zero attached hydrogens (tertiary/aromatic N) is 1. The number of ether oxygens (including phenoxy) is 2. The highest BCUT2D eigenvalue weighted by Crippen LogP contribution is 2.26. The van der Waals surface area contributed by atoms with Crippen molar-refractivity contribution in [2.45, 2.75) is 101 Å². The molecule has 0 spiro atoms. The average molecular weight is 1060 g/mol. The van der Waals surface area contributed by atoms with E-state index in [1.165, 1.54) is 28.3 Å². The Morgan fingerprint density at radius 1 is 0.667 bits per heavy atom. The number of benzene rings is 5. The van der Waals surface area contributed by atoms with E-state index in [1.807, 2.05) is 97.2 Å². The maximum absolute atomic E-state index is 15.1. The lowest BCUT2D eigenvalue weighted by atomic mass is 10.00. The lowest BCUT2D eigenvalue weighted by Crippen LogP contribution is -2.59. The summed E-state index contributed by atoms with van der Waals surface area (Å²) >= 11 is 0. The van der Waals surface area contributed by atoms with E-state index in [9.17, 15) is 24.0 Å². The summed E-state index contributed by atoms with van der Waals surface area (Å²) in [4.78, 5) is 90.0. The molecule has 6 amide bonds. The fraction of sp³-hybridized carbons (Fsp3) is 0.333. The molecule has 2 saturated heterocycles. The summed E-state index contributed by atoms with van der Waals surface area (Å²) in [5.41, 5.74) is 17.2. The highest BCUT2D eigenvalue weighted by Gasteiger charge is 2.45. The zero-order valence-corrected chi connectivity index (χ0v) is 44.3. The molecule has 2 fully saturated rings. The molecule has 3 heterocycles. The second kappa shape index (κ2) is 28.6. The minimum Gasteiger partial charge on any atom is -0.489 e. The molecular weight excluding hydrogens is 989 g/mol. The van der Waals surface area contributed by atoms with Gasteiger partial charge >= 0.3 is 6.09 Å². The summed E-state index contributed by atoms with van der Waals surface area (Å²) in [5.74, 6) is -2.48. The first-order chi connectivity index (χ1) is 37.8. The van der Waals surface area contributed by atoms with E-state index in [-0.39, 0.29) is 38.9 Å². The zero-order chi connectivity index (χ0) is 55.4. The highest BCUT2D eigenvalue weighted by molar-refractivity contribution is 5.97. The molecule has 18 nitrogen and oxygen atoms in total. The Balaban J connectivity index is 0.000000783. The van der Waals surface area contributed by atoms with Crippen LogP contribution in [0.3, 0.4) is 0 Å². The van der Waals surface area contributed by atoms with Crippen LogP contribution in [0.2, 0.25) is 0 Å². The van der Waals surface area contributed by atoms with Gasteiger partial charge in [0.2, 0.25) is 29.5 Å². The summed E-state index contributed by atoms with van der Waals surface area (Å²) in [6.45, 7) is 8.82. The first kappa shape index (κ1) is 57.2. The number of hydrogen-bond acceptors (Lipinski definition) is 11. The van der Waals surface area contributed by atoms with E-state index >= 15 is 4.79 Å². The van der Waals surface area contributed by atoms with Crippen LogP contribution in [0, 0.1) is 6.92 Å². The van der Waals surface area contributed by atoms with Crippen molar-refractivity contribution in [3.63, 3.8) is 0 Å². The molecule has 0 radical (unpaired) electrons. The van der Waals surface area contributed by atoms with Gasteiger partial charge in [-0.3, -0.25) is 24.0 Å². The Kier molecular flexibility index (Phi) is 21.0. The third kappa shape index (κ3) is 16.3. The monoisotopic (exact) mass is 1060 g/mol. The average Bonchev–Trinajstić information content (AvgIpc) is 4.07. The fourth-order valence-electron chi connectivity index (χ4n) is 9.38. The quantitative estimate of drug-likeness (QED) is 0.0609. The van der Waals surface area contributed by atoms with Gasteiger partial charge in [-0.05, 0) is 85.7 Å². The first-order valence-corrected chi connectivity index (χ1v) is 26.5. The molecule has 410 valence electrons. The van der Waals surface area contributed by atoms with Crippen LogP contribution in [-0.4, -0.2) is 108 Å². The van der Waals surface area contributed by atoms with Crippen LogP contribution in [0.25, 0.3) is 10.9 Å². The van der Waals surface area contributed by atoms with Crippen molar-refractivity contribution in [2.75, 3.05) is 26.2 Å². The minimum absolute atomic E-state index is 0.0323. The lowest BCUT2D eigenvalue weighted by molar-refractivity contribution is -0.142. The van der Waals surface area contributed by atoms with E-state index in [2.05, 4.69) is 68.6 Å². The predicted molar refractivity (Wildman–Crippen MR) is 299 cm³/mol. The molecule has 1 aromatic heterocycles. The molecule has 78 heavy (non-hydrogen) atoms. The molecule has 0 saturated carbocycles. The molecule has 18 heteroatoms. The number of nitrogens with one attached hydrogen (secondary N) is 7. The van der Waals surface area contributed by atoms with E-state index in [1.54, 1.807) is 30.3 Å². The number of carbonyl (C=O) groups is 6. The lowest BCUT2D eigenvalue weighted by Gasteiger charge is -2.32. The largest absolute Gasteiger partial charge is 0.489 e. The molecular formula is C60H72N10O8. The second-order valence-corrected chi connectivity index (χ2v) is 19.5. The molecule has 7 atom stereocenters. The number of carbonyl (C=O) groups excluding carboxylic acids is 6. The number of unbranched alkanes of at least 4 members (excludes halogenated alkanes) is 1. The van der Waals surface area contributed by atoms with Crippen LogP contribution in [0.4, 0.5) is 4.79 Å². The van der Waals surface area contributed by atoms with Crippen LogP contribution < -0.4 is 48.1 Å². The molecule has 0 bridgehead atoms. The third-order valence-corrected chi connectivity index (χ3v) is 13.6. The number of H-pyrrole nitrogens is 1. The number of nitrogens with two attached hydrogens (primary N) is 2. The van der Waals surface area contributed by atoms with Gasteiger partial charge in [0.15, 0.2) is 0 Å². The molecule has 0 aliphatic carbocycles. The molecule has 2 aliphatic rings. The van der Waals surface area contributed by atoms with Crippen molar-refractivity contribution >= 4 is 46.5 Å². The number of alkyl carbamates (subject to hydrolysis) is 1. The van der Waals surface area contributed by atoms with E-state index in [0.717, 1.165) is 16.7 Å². The van der Waals surface area contributed by atoms with E-state index < -0.39 is 78.0 Å². The summed E-state index contributed by atoms with van der Waals surface area (Å²) in [6, 6.07) is 36.3. The number of para-hydroxylation sites is 1. The van der Waals surface area contributed by atoms with Gasteiger partial charge in [-0.15, -0.1) is 0 Å². The standard InChI is InChI=1S/C51H63N9O8.C9H9N/c1-33-41(20-12-13-25-52)57-46(61)34(2)56-49(64)45(38-18-10-5-11-19-38)59-48(63)44-30-40(68-51(66)54-27-26-53)31-60(44)50(65)43(29-35-14-6-3-7-15-35)58-47(62)42(55-33)28-36-21-23-39(24-22-36)67-32-37-16-8-4-9-17-37;1-7-6-10-9-5-3-2-4-8(7)9/h3-11,14-19,21-24,34,40-45,55H,1,12-13,20,25-32,52-53H2,2H3,(H,54,66)(H,56,64)(H,57,61)(H,58,62)(H,59,63);2-6,10H,1H3/t34?,40-,41?,42?,43?,44?,45?;/m1./s1. The van der Waals surface area contributed by atoms with Crippen molar-refractivity contribution in [3.05, 3.63) is 186 Å². The number of rotatable bonds is 15. The first-order valence-electron chi connectivity index (χ1n) is 26.5. The van der Waals surface area contributed by atoms with Gasteiger partial charge in [-0.2, -0.15) is 0 Å². The summed E-state index contributed by atoms with van der Waals surface area (Å²) < 4.78 is 11.7. The van der Waals surface area contributed by atoms with Crippen molar-refractivity contribution in [1.82, 2.24) is 41.8 Å². The Morgan fingerprint density at radius 2 is 1.29 bits per heavy atom. The number of fused-ring (bicyclic) bond motifs is 2. The Hall–Kier alpha value is -8.48. The zero-order valence-electron chi connectivity index (χ0n) is 44.3.